The Labute approximate surface area is 114 Å². The first-order chi connectivity index (χ1) is 9.28. The largest absolute Gasteiger partial charge is 0.459 e. The molecule has 1 heterocycles. The second kappa shape index (κ2) is 4.11. The third kappa shape index (κ3) is 1.73. The van der Waals surface area contributed by atoms with Crippen molar-refractivity contribution in [1.29, 1.82) is 0 Å². The number of benzene rings is 1. The van der Waals surface area contributed by atoms with Crippen molar-refractivity contribution >= 4 is 11.0 Å². The molecule has 2 aliphatic carbocycles. The van der Waals surface area contributed by atoms with E-state index < -0.39 is 0 Å². The topological polar surface area (TPSA) is 25.2 Å². The van der Waals surface area contributed by atoms with Gasteiger partial charge in [-0.05, 0) is 62.8 Å². The number of hydrogen-bond acceptors (Lipinski definition) is 2. The zero-order valence-corrected chi connectivity index (χ0v) is 11.6. The second-order valence-corrected chi connectivity index (χ2v) is 6.29. The first-order valence-electron chi connectivity index (χ1n) is 7.45. The molecule has 1 aromatic heterocycles. The summed E-state index contributed by atoms with van der Waals surface area (Å²) in [5, 5.41) is 4.73. The molecule has 0 spiro atoms. The second-order valence-electron chi connectivity index (χ2n) is 6.29. The highest BCUT2D eigenvalue weighted by Crippen LogP contribution is 2.62. The first-order valence-corrected chi connectivity index (χ1v) is 7.45. The fourth-order valence-electron chi connectivity index (χ4n) is 4.23. The minimum absolute atomic E-state index is 0.406. The highest BCUT2D eigenvalue weighted by Gasteiger charge is 2.56. The van der Waals surface area contributed by atoms with Gasteiger partial charge in [0, 0.05) is 5.39 Å². The molecule has 2 aliphatic rings. The van der Waals surface area contributed by atoms with Gasteiger partial charge in [-0.15, -0.1) is 0 Å². The fourth-order valence-corrected chi connectivity index (χ4v) is 4.23. The van der Waals surface area contributed by atoms with Crippen molar-refractivity contribution in [3.63, 3.8) is 0 Å². The van der Waals surface area contributed by atoms with Crippen LogP contribution in [0.25, 0.3) is 11.0 Å². The standard InChI is InChI=1S/C17H21NO/c1-10-6-7-14-11(8-10)9-15(19-14)17(18-2)16-12-4-3-5-13(12)16/h6-9,12-13,16-18H,3-5H2,1-2H3. The Morgan fingerprint density at radius 2 is 2.00 bits per heavy atom. The molecule has 2 saturated carbocycles. The van der Waals surface area contributed by atoms with E-state index in [1.54, 1.807) is 0 Å². The van der Waals surface area contributed by atoms with Crippen LogP contribution in [0.1, 0.15) is 36.6 Å². The summed E-state index contributed by atoms with van der Waals surface area (Å²) in [4.78, 5) is 0. The van der Waals surface area contributed by atoms with Crippen LogP contribution in [0.2, 0.25) is 0 Å². The molecule has 1 N–H and O–H groups in total. The number of hydrogen-bond donors (Lipinski definition) is 1. The molecule has 0 bridgehead atoms. The molecule has 0 saturated heterocycles. The summed E-state index contributed by atoms with van der Waals surface area (Å²) in [6, 6.07) is 9.06. The third-order valence-corrected chi connectivity index (χ3v) is 5.17. The summed E-state index contributed by atoms with van der Waals surface area (Å²) in [6.45, 7) is 2.13. The van der Waals surface area contributed by atoms with Crippen LogP contribution in [0.3, 0.4) is 0 Å². The lowest BCUT2D eigenvalue weighted by atomic mass is 10.0. The van der Waals surface area contributed by atoms with Gasteiger partial charge in [-0.1, -0.05) is 18.1 Å². The predicted molar refractivity (Wildman–Crippen MR) is 77.1 cm³/mol. The SMILES string of the molecule is CNC(c1cc2cc(C)ccc2o1)C1C2CCCC21. The van der Waals surface area contributed by atoms with Gasteiger partial charge in [-0.2, -0.15) is 0 Å². The van der Waals surface area contributed by atoms with E-state index in [-0.39, 0.29) is 0 Å². The van der Waals surface area contributed by atoms with E-state index in [1.165, 1.54) is 30.2 Å². The summed E-state index contributed by atoms with van der Waals surface area (Å²) in [6.07, 6.45) is 4.28. The lowest BCUT2D eigenvalue weighted by molar-refractivity contribution is 0.378. The van der Waals surface area contributed by atoms with Crippen LogP contribution in [-0.4, -0.2) is 7.05 Å². The number of aryl methyl sites for hydroxylation is 1. The van der Waals surface area contributed by atoms with Crippen LogP contribution in [-0.2, 0) is 0 Å². The highest BCUT2D eigenvalue weighted by atomic mass is 16.3. The van der Waals surface area contributed by atoms with Crippen molar-refractivity contribution in [3.05, 3.63) is 35.6 Å². The molecule has 1 aromatic carbocycles. The third-order valence-electron chi connectivity index (χ3n) is 5.17. The van der Waals surface area contributed by atoms with E-state index >= 15 is 0 Å². The lowest BCUT2D eigenvalue weighted by Crippen LogP contribution is -2.19. The van der Waals surface area contributed by atoms with E-state index in [9.17, 15) is 0 Å². The van der Waals surface area contributed by atoms with E-state index in [0.717, 1.165) is 29.1 Å². The average Bonchev–Trinajstić information content (AvgIpc) is 2.81. The molecule has 4 rings (SSSR count). The molecule has 0 radical (unpaired) electrons. The van der Waals surface area contributed by atoms with Crippen LogP contribution in [0.4, 0.5) is 0 Å². The van der Waals surface area contributed by atoms with Crippen LogP contribution < -0.4 is 5.32 Å². The van der Waals surface area contributed by atoms with Crippen molar-refractivity contribution < 1.29 is 4.42 Å². The maximum Gasteiger partial charge on any atom is 0.134 e. The first kappa shape index (κ1) is 11.5. The molecule has 0 aliphatic heterocycles. The van der Waals surface area contributed by atoms with Gasteiger partial charge in [-0.25, -0.2) is 0 Å². The summed E-state index contributed by atoms with van der Waals surface area (Å²) < 4.78 is 6.08. The molecule has 19 heavy (non-hydrogen) atoms. The monoisotopic (exact) mass is 255 g/mol. The molecule has 2 aromatic rings. The van der Waals surface area contributed by atoms with Crippen molar-refractivity contribution in [3.8, 4) is 0 Å². The van der Waals surface area contributed by atoms with Gasteiger partial charge >= 0.3 is 0 Å². The van der Waals surface area contributed by atoms with Crippen LogP contribution in [0.5, 0.6) is 0 Å². The lowest BCUT2D eigenvalue weighted by Gasteiger charge is -2.15. The van der Waals surface area contributed by atoms with Crippen molar-refractivity contribution in [2.45, 2.75) is 32.2 Å². The highest BCUT2D eigenvalue weighted by molar-refractivity contribution is 5.78. The quantitative estimate of drug-likeness (QED) is 0.895. The Bertz CT molecular complexity index is 605. The minimum atomic E-state index is 0.406. The van der Waals surface area contributed by atoms with Gasteiger partial charge in [0.15, 0.2) is 0 Å². The number of fused-ring (bicyclic) bond motifs is 2. The van der Waals surface area contributed by atoms with Gasteiger partial charge in [0.25, 0.3) is 0 Å². The van der Waals surface area contributed by atoms with E-state index in [1.807, 2.05) is 0 Å². The fraction of sp³-hybridized carbons (Fsp3) is 0.529. The summed E-state index contributed by atoms with van der Waals surface area (Å²) >= 11 is 0. The molecule has 2 nitrogen and oxygen atoms in total. The Hall–Kier alpha value is -1.28. The van der Waals surface area contributed by atoms with Gasteiger partial charge in [0.1, 0.15) is 11.3 Å². The van der Waals surface area contributed by atoms with E-state index in [4.69, 9.17) is 4.42 Å². The average molecular weight is 255 g/mol. The normalized spacial score (nSPS) is 30.5. The predicted octanol–water partition coefficient (Wildman–Crippen LogP) is 4.05. The summed E-state index contributed by atoms with van der Waals surface area (Å²) in [5.74, 6) is 3.84. The van der Waals surface area contributed by atoms with Gasteiger partial charge in [-0.3, -0.25) is 0 Å². The Morgan fingerprint density at radius 1 is 1.21 bits per heavy atom. The van der Waals surface area contributed by atoms with Crippen LogP contribution in [0, 0.1) is 24.7 Å². The molecular formula is C17H21NO. The number of furan rings is 1. The molecule has 3 atom stereocenters. The van der Waals surface area contributed by atoms with Crippen LogP contribution >= 0.6 is 0 Å². The van der Waals surface area contributed by atoms with Gasteiger partial charge < -0.3 is 9.73 Å². The van der Waals surface area contributed by atoms with Crippen molar-refractivity contribution in [1.82, 2.24) is 5.32 Å². The molecule has 2 heteroatoms. The van der Waals surface area contributed by atoms with Crippen molar-refractivity contribution in [2.75, 3.05) is 7.05 Å². The Morgan fingerprint density at radius 3 is 2.74 bits per heavy atom. The number of nitrogens with one attached hydrogen (secondary N) is 1. The zero-order chi connectivity index (χ0) is 13.0. The molecule has 2 fully saturated rings. The molecule has 3 unspecified atom stereocenters. The summed E-state index contributed by atoms with van der Waals surface area (Å²) in [5.41, 5.74) is 2.32. The molecule has 0 amide bonds. The van der Waals surface area contributed by atoms with Gasteiger partial charge in [0.2, 0.25) is 0 Å². The summed E-state index contributed by atoms with van der Waals surface area (Å²) in [7, 11) is 2.07. The number of rotatable bonds is 3. The van der Waals surface area contributed by atoms with Crippen molar-refractivity contribution in [2.24, 2.45) is 17.8 Å². The Balaban J connectivity index is 1.68. The van der Waals surface area contributed by atoms with Crippen LogP contribution in [0.15, 0.2) is 28.7 Å². The molecule has 100 valence electrons. The van der Waals surface area contributed by atoms with E-state index in [0.29, 0.717) is 6.04 Å². The van der Waals surface area contributed by atoms with E-state index in [2.05, 4.69) is 43.6 Å². The maximum absolute atomic E-state index is 6.08. The smallest absolute Gasteiger partial charge is 0.134 e. The zero-order valence-electron chi connectivity index (χ0n) is 11.6. The molecular weight excluding hydrogens is 234 g/mol. The minimum Gasteiger partial charge on any atom is -0.459 e. The Kier molecular flexibility index (Phi) is 2.49. The maximum atomic E-state index is 6.08. The van der Waals surface area contributed by atoms with Gasteiger partial charge in [0.05, 0.1) is 6.04 Å².